The molecule has 0 aliphatic carbocycles. The summed E-state index contributed by atoms with van der Waals surface area (Å²) >= 11 is 0. The molecule has 0 aromatic heterocycles. The molecule has 0 aliphatic rings. The maximum absolute atomic E-state index is 3.98. The van der Waals surface area contributed by atoms with Gasteiger partial charge in [-0.3, -0.25) is 0 Å². The van der Waals surface area contributed by atoms with Gasteiger partial charge in [0, 0.05) is 0 Å². The molecule has 0 saturated carbocycles. The van der Waals surface area contributed by atoms with E-state index in [0.717, 1.165) is 18.4 Å². The molecule has 0 radical (unpaired) electrons. The highest BCUT2D eigenvalue weighted by Gasteiger charge is 2.07. The molecule has 15 heavy (non-hydrogen) atoms. The molecule has 0 bridgehead atoms. The van der Waals surface area contributed by atoms with Crippen molar-refractivity contribution < 1.29 is 0 Å². The zero-order valence-corrected chi connectivity index (χ0v) is 9.79. The molecule has 1 atom stereocenters. The fraction of sp³-hybridized carbons (Fsp3) is 0.333. The van der Waals surface area contributed by atoms with Gasteiger partial charge in [0.25, 0.3) is 0 Å². The molecule has 0 fully saturated rings. The van der Waals surface area contributed by atoms with E-state index in [-0.39, 0.29) is 0 Å². The van der Waals surface area contributed by atoms with E-state index in [9.17, 15) is 0 Å². The van der Waals surface area contributed by atoms with E-state index in [2.05, 4.69) is 44.3 Å². The van der Waals surface area contributed by atoms with E-state index >= 15 is 0 Å². The van der Waals surface area contributed by atoms with Crippen molar-refractivity contribution >= 4 is 5.57 Å². The molecule has 1 aromatic carbocycles. The van der Waals surface area contributed by atoms with Gasteiger partial charge in [-0.2, -0.15) is 0 Å². The molecule has 1 unspecified atom stereocenters. The van der Waals surface area contributed by atoms with Crippen LogP contribution < -0.4 is 0 Å². The van der Waals surface area contributed by atoms with E-state index in [1.54, 1.807) is 0 Å². The Morgan fingerprint density at radius 3 is 2.73 bits per heavy atom. The lowest BCUT2D eigenvalue weighted by atomic mass is 9.91. The first-order chi connectivity index (χ1) is 7.19. The Bertz CT molecular complexity index is 347. The molecule has 0 nitrogen and oxygen atoms in total. The smallest absolute Gasteiger partial charge is 0.0130 e. The summed E-state index contributed by atoms with van der Waals surface area (Å²) in [5, 5.41) is 0. The maximum Gasteiger partial charge on any atom is -0.0130 e. The van der Waals surface area contributed by atoms with Gasteiger partial charge < -0.3 is 0 Å². The zero-order valence-electron chi connectivity index (χ0n) is 9.79. The molecule has 1 rings (SSSR count). The standard InChI is InChI=1S/C15H20/c1-5-8-13(6-2)15-10-7-9-14(11-15)12(3)4/h5,7,9-11,13H,1,3,6,8H2,2,4H3. The molecule has 0 heteroatoms. The van der Waals surface area contributed by atoms with E-state index in [1.165, 1.54) is 11.1 Å². The summed E-state index contributed by atoms with van der Waals surface area (Å²) in [6.45, 7) is 12.1. The zero-order chi connectivity index (χ0) is 11.3. The minimum absolute atomic E-state index is 0.599. The van der Waals surface area contributed by atoms with Gasteiger partial charge in [-0.05, 0) is 36.8 Å². The topological polar surface area (TPSA) is 0 Å². The van der Waals surface area contributed by atoms with Crippen LogP contribution in [0, 0.1) is 0 Å². The highest BCUT2D eigenvalue weighted by molar-refractivity contribution is 5.61. The van der Waals surface area contributed by atoms with Gasteiger partial charge in [0.1, 0.15) is 0 Å². The first kappa shape index (κ1) is 11.8. The number of benzene rings is 1. The molecule has 80 valence electrons. The van der Waals surface area contributed by atoms with Crippen LogP contribution >= 0.6 is 0 Å². The van der Waals surface area contributed by atoms with E-state index in [0.29, 0.717) is 5.92 Å². The van der Waals surface area contributed by atoms with Crippen LogP contribution in [0.15, 0.2) is 43.5 Å². The van der Waals surface area contributed by atoms with Crippen LogP contribution in [-0.4, -0.2) is 0 Å². The van der Waals surface area contributed by atoms with Gasteiger partial charge >= 0.3 is 0 Å². The Morgan fingerprint density at radius 1 is 1.47 bits per heavy atom. The molecule has 0 aliphatic heterocycles. The molecule has 0 amide bonds. The minimum Gasteiger partial charge on any atom is -0.103 e. The van der Waals surface area contributed by atoms with Crippen LogP contribution in [0.25, 0.3) is 5.57 Å². The van der Waals surface area contributed by atoms with Crippen molar-refractivity contribution in [1.82, 2.24) is 0 Å². The summed E-state index contributed by atoms with van der Waals surface area (Å²) in [5.74, 6) is 0.599. The third-order valence-electron chi connectivity index (χ3n) is 2.79. The lowest BCUT2D eigenvalue weighted by Gasteiger charge is -2.14. The van der Waals surface area contributed by atoms with Crippen LogP contribution in [0.4, 0.5) is 0 Å². The minimum atomic E-state index is 0.599. The normalized spacial score (nSPS) is 12.1. The second kappa shape index (κ2) is 5.55. The average molecular weight is 200 g/mol. The summed E-state index contributed by atoms with van der Waals surface area (Å²) in [6, 6.07) is 8.68. The molecule has 0 heterocycles. The van der Waals surface area contributed by atoms with Gasteiger partial charge in [-0.15, -0.1) is 6.58 Å². The predicted octanol–water partition coefficient (Wildman–Crippen LogP) is 4.79. The van der Waals surface area contributed by atoms with Crippen molar-refractivity contribution in [2.45, 2.75) is 32.6 Å². The number of allylic oxidation sites excluding steroid dienone is 2. The Labute approximate surface area is 93.3 Å². The summed E-state index contributed by atoms with van der Waals surface area (Å²) in [6.07, 6.45) is 4.21. The number of hydrogen-bond acceptors (Lipinski definition) is 0. The Kier molecular flexibility index (Phi) is 4.36. The largest absolute Gasteiger partial charge is 0.103 e. The number of rotatable bonds is 5. The van der Waals surface area contributed by atoms with Crippen molar-refractivity contribution in [1.29, 1.82) is 0 Å². The van der Waals surface area contributed by atoms with Crippen molar-refractivity contribution in [3.05, 3.63) is 54.6 Å². The summed E-state index contributed by atoms with van der Waals surface area (Å²) in [7, 11) is 0. The Balaban J connectivity index is 2.97. The Hall–Kier alpha value is -1.30. The van der Waals surface area contributed by atoms with Gasteiger partial charge in [-0.1, -0.05) is 49.4 Å². The second-order valence-electron chi connectivity index (χ2n) is 4.04. The molecular formula is C15H20. The second-order valence-corrected chi connectivity index (χ2v) is 4.04. The van der Waals surface area contributed by atoms with Crippen molar-refractivity contribution in [3.8, 4) is 0 Å². The lowest BCUT2D eigenvalue weighted by Crippen LogP contribution is -1.96. The van der Waals surface area contributed by atoms with E-state index in [4.69, 9.17) is 0 Å². The van der Waals surface area contributed by atoms with Crippen molar-refractivity contribution in [2.75, 3.05) is 0 Å². The fourth-order valence-electron chi connectivity index (χ4n) is 1.80. The number of hydrogen-bond donors (Lipinski definition) is 0. The van der Waals surface area contributed by atoms with Gasteiger partial charge in [0.15, 0.2) is 0 Å². The van der Waals surface area contributed by atoms with Crippen LogP contribution in [0.2, 0.25) is 0 Å². The lowest BCUT2D eigenvalue weighted by molar-refractivity contribution is 0.675. The highest BCUT2D eigenvalue weighted by atomic mass is 14.1. The van der Waals surface area contributed by atoms with E-state index in [1.807, 2.05) is 13.0 Å². The summed E-state index contributed by atoms with van der Waals surface area (Å²) in [4.78, 5) is 0. The third kappa shape index (κ3) is 3.09. The summed E-state index contributed by atoms with van der Waals surface area (Å²) < 4.78 is 0. The van der Waals surface area contributed by atoms with Crippen molar-refractivity contribution in [2.24, 2.45) is 0 Å². The van der Waals surface area contributed by atoms with E-state index < -0.39 is 0 Å². The first-order valence-corrected chi connectivity index (χ1v) is 5.55. The summed E-state index contributed by atoms with van der Waals surface area (Å²) in [5.41, 5.74) is 3.78. The van der Waals surface area contributed by atoms with Crippen LogP contribution in [0.5, 0.6) is 0 Å². The van der Waals surface area contributed by atoms with Crippen LogP contribution in [0.3, 0.4) is 0 Å². The Morgan fingerprint density at radius 2 is 2.20 bits per heavy atom. The quantitative estimate of drug-likeness (QED) is 0.599. The maximum atomic E-state index is 3.98. The third-order valence-corrected chi connectivity index (χ3v) is 2.79. The van der Waals surface area contributed by atoms with Gasteiger partial charge in [-0.25, -0.2) is 0 Å². The molecular weight excluding hydrogens is 180 g/mol. The van der Waals surface area contributed by atoms with Crippen molar-refractivity contribution in [3.63, 3.8) is 0 Å². The monoisotopic (exact) mass is 200 g/mol. The molecule has 0 N–H and O–H groups in total. The van der Waals surface area contributed by atoms with Crippen LogP contribution in [0.1, 0.15) is 43.7 Å². The average Bonchev–Trinajstić information content (AvgIpc) is 2.26. The molecule has 0 spiro atoms. The predicted molar refractivity (Wildman–Crippen MR) is 69.0 cm³/mol. The van der Waals surface area contributed by atoms with Gasteiger partial charge in [0.05, 0.1) is 0 Å². The van der Waals surface area contributed by atoms with Crippen LogP contribution in [-0.2, 0) is 0 Å². The molecule has 0 saturated heterocycles. The van der Waals surface area contributed by atoms with Gasteiger partial charge in [0.2, 0.25) is 0 Å². The first-order valence-electron chi connectivity index (χ1n) is 5.55. The molecule has 1 aromatic rings. The SMILES string of the molecule is C=CCC(CC)c1cccc(C(=C)C)c1. The highest BCUT2D eigenvalue weighted by Crippen LogP contribution is 2.25. The fourth-order valence-corrected chi connectivity index (χ4v) is 1.80.